The number of rotatable bonds is 7. The molecule has 0 heterocycles. The first-order valence-corrected chi connectivity index (χ1v) is 7.57. The molecule has 0 aromatic rings. The highest BCUT2D eigenvalue weighted by molar-refractivity contribution is 9.09. The zero-order chi connectivity index (χ0) is 11.3. The molecule has 1 fully saturated rings. The summed E-state index contributed by atoms with van der Waals surface area (Å²) in [4.78, 5) is 2.65. The van der Waals surface area contributed by atoms with Crippen LogP contribution in [0.25, 0.3) is 0 Å². The molecular weight excluding hydrogens is 250 g/mol. The van der Waals surface area contributed by atoms with Crippen LogP contribution in [0.3, 0.4) is 0 Å². The predicted octanol–water partition coefficient (Wildman–Crippen LogP) is 3.78. The van der Waals surface area contributed by atoms with Gasteiger partial charge in [-0.15, -0.1) is 0 Å². The smallest absolute Gasteiger partial charge is 0.00743 e. The minimum absolute atomic E-state index is 0.791. The summed E-state index contributed by atoms with van der Waals surface area (Å²) in [6.07, 6.45) is 4.41. The van der Waals surface area contributed by atoms with Crippen LogP contribution in [-0.4, -0.2) is 29.9 Å². The van der Waals surface area contributed by atoms with Crippen molar-refractivity contribution in [2.75, 3.05) is 25.0 Å². The fraction of sp³-hybridized carbons (Fsp3) is 1.00. The first-order chi connectivity index (χ1) is 7.17. The van der Waals surface area contributed by atoms with E-state index in [0.29, 0.717) is 0 Å². The molecule has 1 atom stereocenters. The summed E-state index contributed by atoms with van der Waals surface area (Å²) in [5.74, 6) is 2.61. The van der Waals surface area contributed by atoms with Crippen molar-refractivity contribution >= 4 is 15.9 Å². The molecule has 2 heteroatoms. The third-order valence-electron chi connectivity index (χ3n) is 3.82. The number of hydrogen-bond donors (Lipinski definition) is 0. The lowest BCUT2D eigenvalue weighted by Crippen LogP contribution is -2.37. The molecule has 0 aromatic heterocycles. The van der Waals surface area contributed by atoms with Gasteiger partial charge in [-0.25, -0.2) is 0 Å². The SMILES string of the molecule is CCN(CC1CCC1)CC(CBr)C(C)C. The van der Waals surface area contributed by atoms with Crippen molar-refractivity contribution < 1.29 is 0 Å². The largest absolute Gasteiger partial charge is 0.303 e. The second kappa shape index (κ2) is 6.90. The van der Waals surface area contributed by atoms with Crippen LogP contribution in [-0.2, 0) is 0 Å². The van der Waals surface area contributed by atoms with E-state index in [1.165, 1.54) is 38.9 Å². The van der Waals surface area contributed by atoms with E-state index in [1.54, 1.807) is 0 Å². The van der Waals surface area contributed by atoms with Crippen LogP contribution in [0.1, 0.15) is 40.0 Å². The molecule has 15 heavy (non-hydrogen) atoms. The van der Waals surface area contributed by atoms with Crippen molar-refractivity contribution in [3.8, 4) is 0 Å². The molecule has 0 aromatic carbocycles. The van der Waals surface area contributed by atoms with Crippen LogP contribution in [0.4, 0.5) is 0 Å². The fourth-order valence-corrected chi connectivity index (χ4v) is 3.10. The van der Waals surface area contributed by atoms with Crippen LogP contribution < -0.4 is 0 Å². The lowest BCUT2D eigenvalue weighted by atomic mass is 9.85. The normalized spacial score (nSPS) is 19.6. The molecule has 0 N–H and O–H groups in total. The molecule has 1 unspecified atom stereocenters. The molecule has 0 radical (unpaired) electrons. The molecule has 0 spiro atoms. The third-order valence-corrected chi connectivity index (χ3v) is 4.65. The topological polar surface area (TPSA) is 3.24 Å². The van der Waals surface area contributed by atoms with Gasteiger partial charge in [-0.05, 0) is 37.1 Å². The molecule has 0 saturated heterocycles. The molecule has 1 rings (SSSR count). The molecule has 0 aliphatic heterocycles. The van der Waals surface area contributed by atoms with Crippen molar-refractivity contribution in [2.24, 2.45) is 17.8 Å². The van der Waals surface area contributed by atoms with E-state index in [1.807, 2.05) is 0 Å². The van der Waals surface area contributed by atoms with Gasteiger partial charge in [0.05, 0.1) is 0 Å². The van der Waals surface area contributed by atoms with Gasteiger partial charge in [0.2, 0.25) is 0 Å². The summed E-state index contributed by atoms with van der Waals surface area (Å²) in [6, 6.07) is 0. The first-order valence-electron chi connectivity index (χ1n) is 6.45. The second-order valence-electron chi connectivity index (χ2n) is 5.31. The lowest BCUT2D eigenvalue weighted by Gasteiger charge is -2.34. The van der Waals surface area contributed by atoms with Gasteiger partial charge in [0, 0.05) is 18.4 Å². The predicted molar refractivity (Wildman–Crippen MR) is 71.6 cm³/mol. The monoisotopic (exact) mass is 275 g/mol. The highest BCUT2D eigenvalue weighted by Crippen LogP contribution is 2.27. The van der Waals surface area contributed by atoms with E-state index in [-0.39, 0.29) is 0 Å². The molecule has 1 nitrogen and oxygen atoms in total. The van der Waals surface area contributed by atoms with Gasteiger partial charge in [-0.3, -0.25) is 0 Å². The van der Waals surface area contributed by atoms with Gasteiger partial charge in [0.1, 0.15) is 0 Å². The Morgan fingerprint density at radius 2 is 2.00 bits per heavy atom. The Morgan fingerprint density at radius 3 is 2.33 bits per heavy atom. The quantitative estimate of drug-likeness (QED) is 0.640. The van der Waals surface area contributed by atoms with Crippen LogP contribution in [0.15, 0.2) is 0 Å². The maximum Gasteiger partial charge on any atom is 0.00743 e. The highest BCUT2D eigenvalue weighted by atomic mass is 79.9. The Labute approximate surface area is 104 Å². The molecule has 90 valence electrons. The first kappa shape index (κ1) is 13.5. The van der Waals surface area contributed by atoms with Crippen molar-refractivity contribution in [1.29, 1.82) is 0 Å². The Hall–Kier alpha value is 0.440. The van der Waals surface area contributed by atoms with E-state index in [9.17, 15) is 0 Å². The minimum atomic E-state index is 0.791. The number of halogens is 1. The van der Waals surface area contributed by atoms with E-state index in [2.05, 4.69) is 41.6 Å². The summed E-state index contributed by atoms with van der Waals surface area (Å²) in [5.41, 5.74) is 0. The van der Waals surface area contributed by atoms with Gasteiger partial charge >= 0.3 is 0 Å². The molecule has 1 aliphatic rings. The molecular formula is C13H26BrN. The zero-order valence-electron chi connectivity index (χ0n) is 10.5. The number of nitrogens with zero attached hydrogens (tertiary/aromatic N) is 1. The Balaban J connectivity index is 2.29. The highest BCUT2D eigenvalue weighted by Gasteiger charge is 2.22. The van der Waals surface area contributed by atoms with E-state index in [0.717, 1.165) is 23.1 Å². The van der Waals surface area contributed by atoms with Gasteiger partial charge in [-0.1, -0.05) is 43.1 Å². The Bertz CT molecular complexity index is 166. The van der Waals surface area contributed by atoms with Gasteiger partial charge in [0.15, 0.2) is 0 Å². The summed E-state index contributed by atoms with van der Waals surface area (Å²) < 4.78 is 0. The van der Waals surface area contributed by atoms with Crippen molar-refractivity contribution in [1.82, 2.24) is 4.90 Å². The number of hydrogen-bond acceptors (Lipinski definition) is 1. The number of alkyl halides is 1. The van der Waals surface area contributed by atoms with Crippen LogP contribution >= 0.6 is 15.9 Å². The lowest BCUT2D eigenvalue weighted by molar-refractivity contribution is 0.156. The summed E-state index contributed by atoms with van der Waals surface area (Å²) in [5, 5.41) is 1.14. The standard InChI is InChI=1S/C13H26BrN/c1-4-15(9-12-6-5-7-12)10-13(8-14)11(2)3/h11-13H,4-10H2,1-3H3. The van der Waals surface area contributed by atoms with Gasteiger partial charge in [-0.2, -0.15) is 0 Å². The fourth-order valence-electron chi connectivity index (χ4n) is 2.14. The van der Waals surface area contributed by atoms with Gasteiger partial charge in [0.25, 0.3) is 0 Å². The van der Waals surface area contributed by atoms with Crippen LogP contribution in [0, 0.1) is 17.8 Å². The van der Waals surface area contributed by atoms with Crippen LogP contribution in [0.5, 0.6) is 0 Å². The van der Waals surface area contributed by atoms with Crippen LogP contribution in [0.2, 0.25) is 0 Å². The second-order valence-corrected chi connectivity index (χ2v) is 5.96. The van der Waals surface area contributed by atoms with Crippen molar-refractivity contribution in [3.63, 3.8) is 0 Å². The van der Waals surface area contributed by atoms with Crippen molar-refractivity contribution in [3.05, 3.63) is 0 Å². The summed E-state index contributed by atoms with van der Waals surface area (Å²) in [7, 11) is 0. The Kier molecular flexibility index (Phi) is 6.21. The molecule has 0 amide bonds. The average Bonchev–Trinajstić information content (AvgIpc) is 2.15. The zero-order valence-corrected chi connectivity index (χ0v) is 12.1. The maximum atomic E-state index is 3.64. The molecule has 1 aliphatic carbocycles. The molecule has 0 bridgehead atoms. The maximum absolute atomic E-state index is 3.64. The summed E-state index contributed by atoms with van der Waals surface area (Å²) in [6.45, 7) is 10.8. The third kappa shape index (κ3) is 4.44. The minimum Gasteiger partial charge on any atom is -0.303 e. The van der Waals surface area contributed by atoms with E-state index in [4.69, 9.17) is 0 Å². The Morgan fingerprint density at radius 1 is 1.33 bits per heavy atom. The average molecular weight is 276 g/mol. The van der Waals surface area contributed by atoms with Gasteiger partial charge < -0.3 is 4.90 Å². The summed E-state index contributed by atoms with van der Waals surface area (Å²) >= 11 is 3.64. The van der Waals surface area contributed by atoms with E-state index < -0.39 is 0 Å². The van der Waals surface area contributed by atoms with E-state index >= 15 is 0 Å². The van der Waals surface area contributed by atoms with Crippen molar-refractivity contribution in [2.45, 2.75) is 40.0 Å². The molecule has 1 saturated carbocycles.